The highest BCUT2D eigenvalue weighted by atomic mass is 16.4. The first-order chi connectivity index (χ1) is 8.65. The van der Waals surface area contributed by atoms with Gasteiger partial charge in [-0.3, -0.25) is 0 Å². The summed E-state index contributed by atoms with van der Waals surface area (Å²) in [5.74, 6) is 2.51. The minimum Gasteiger partial charge on any atom is -0.444 e. The van der Waals surface area contributed by atoms with E-state index in [1.165, 1.54) is 38.5 Å². The van der Waals surface area contributed by atoms with E-state index < -0.39 is 0 Å². The molecule has 3 nitrogen and oxygen atoms in total. The van der Waals surface area contributed by atoms with Crippen molar-refractivity contribution < 1.29 is 4.42 Å². The van der Waals surface area contributed by atoms with Gasteiger partial charge in [-0.2, -0.15) is 0 Å². The van der Waals surface area contributed by atoms with E-state index in [1.807, 2.05) is 6.20 Å². The van der Waals surface area contributed by atoms with Crippen LogP contribution in [0.5, 0.6) is 0 Å². The maximum Gasteiger partial charge on any atom is 0.208 e. The third kappa shape index (κ3) is 2.61. The lowest BCUT2D eigenvalue weighted by molar-refractivity contribution is 0.176. The van der Waals surface area contributed by atoms with Crippen LogP contribution in [0.2, 0.25) is 0 Å². The highest BCUT2D eigenvalue weighted by Gasteiger charge is 2.35. The van der Waals surface area contributed by atoms with Crippen molar-refractivity contribution >= 4 is 0 Å². The van der Waals surface area contributed by atoms with Gasteiger partial charge in [-0.25, -0.2) is 4.98 Å². The van der Waals surface area contributed by atoms with E-state index in [1.54, 1.807) is 0 Å². The zero-order chi connectivity index (χ0) is 12.6. The molecule has 1 aromatic rings. The Labute approximate surface area is 109 Å². The quantitative estimate of drug-likeness (QED) is 0.884. The summed E-state index contributed by atoms with van der Waals surface area (Å²) in [7, 11) is 0. The van der Waals surface area contributed by atoms with Gasteiger partial charge < -0.3 is 9.73 Å². The fourth-order valence-electron chi connectivity index (χ4n) is 3.11. The predicted molar refractivity (Wildman–Crippen MR) is 71.4 cm³/mol. The summed E-state index contributed by atoms with van der Waals surface area (Å²) in [6, 6.07) is 0.714. The second kappa shape index (κ2) is 4.69. The van der Waals surface area contributed by atoms with Gasteiger partial charge in [-0.05, 0) is 31.1 Å². The minimum atomic E-state index is 0.360. The van der Waals surface area contributed by atoms with Crippen molar-refractivity contribution in [3.8, 4) is 0 Å². The second-order valence-electron chi connectivity index (χ2n) is 6.60. The third-order valence-electron chi connectivity index (χ3n) is 4.54. The van der Waals surface area contributed by atoms with Crippen LogP contribution in [0.4, 0.5) is 0 Å². The molecule has 0 spiro atoms. The standard InChI is InChI=1S/C15H24N2O/c1-15(2)8-4-3-5-12(15)13-9-17-14(18-13)10-16-11-6-7-11/h9,11-12,16H,3-8,10H2,1-2H3. The van der Waals surface area contributed by atoms with Gasteiger partial charge in [-0.15, -0.1) is 0 Å². The molecule has 18 heavy (non-hydrogen) atoms. The first-order valence-corrected chi connectivity index (χ1v) is 7.33. The number of oxazole rings is 1. The van der Waals surface area contributed by atoms with E-state index in [9.17, 15) is 0 Å². The number of hydrogen-bond acceptors (Lipinski definition) is 3. The predicted octanol–water partition coefficient (Wildman–Crippen LogP) is 3.61. The highest BCUT2D eigenvalue weighted by molar-refractivity contribution is 5.08. The van der Waals surface area contributed by atoms with Gasteiger partial charge in [0.1, 0.15) is 5.76 Å². The molecule has 1 atom stereocenters. The fourth-order valence-corrected chi connectivity index (χ4v) is 3.11. The van der Waals surface area contributed by atoms with Crippen molar-refractivity contribution in [2.75, 3.05) is 0 Å². The van der Waals surface area contributed by atoms with E-state index in [2.05, 4.69) is 24.1 Å². The molecule has 0 amide bonds. The van der Waals surface area contributed by atoms with Crippen molar-refractivity contribution in [3.63, 3.8) is 0 Å². The van der Waals surface area contributed by atoms with E-state index in [0.717, 1.165) is 18.2 Å². The van der Waals surface area contributed by atoms with Gasteiger partial charge in [0.2, 0.25) is 5.89 Å². The van der Waals surface area contributed by atoms with Crippen LogP contribution in [0, 0.1) is 5.41 Å². The number of rotatable bonds is 4. The van der Waals surface area contributed by atoms with Crippen LogP contribution in [-0.2, 0) is 6.54 Å². The summed E-state index contributed by atoms with van der Waals surface area (Å²) in [5, 5.41) is 3.45. The molecule has 0 radical (unpaired) electrons. The van der Waals surface area contributed by atoms with Gasteiger partial charge in [0.15, 0.2) is 0 Å². The van der Waals surface area contributed by atoms with Crippen LogP contribution in [0.25, 0.3) is 0 Å². The molecule has 0 bridgehead atoms. The Morgan fingerprint density at radius 3 is 2.89 bits per heavy atom. The van der Waals surface area contributed by atoms with Crippen molar-refractivity contribution in [2.24, 2.45) is 5.41 Å². The molecule has 1 unspecified atom stereocenters. The van der Waals surface area contributed by atoms with Crippen LogP contribution in [0.15, 0.2) is 10.6 Å². The summed E-state index contributed by atoms with van der Waals surface area (Å²) in [4.78, 5) is 4.43. The average molecular weight is 248 g/mol. The number of hydrogen-bond donors (Lipinski definition) is 1. The molecule has 2 aliphatic carbocycles. The summed E-state index contributed by atoms with van der Waals surface area (Å²) in [6.45, 7) is 5.51. The Hall–Kier alpha value is -0.830. The van der Waals surface area contributed by atoms with Gasteiger partial charge in [0.05, 0.1) is 12.7 Å². The van der Waals surface area contributed by atoms with E-state index >= 15 is 0 Å². The Morgan fingerprint density at radius 2 is 2.17 bits per heavy atom. The first kappa shape index (κ1) is 12.2. The zero-order valence-corrected chi connectivity index (χ0v) is 11.5. The van der Waals surface area contributed by atoms with Crippen molar-refractivity contribution in [1.29, 1.82) is 0 Å². The molecule has 2 fully saturated rings. The number of nitrogens with zero attached hydrogens (tertiary/aromatic N) is 1. The Kier molecular flexibility index (Phi) is 3.18. The molecule has 1 heterocycles. The van der Waals surface area contributed by atoms with Crippen LogP contribution in [-0.4, -0.2) is 11.0 Å². The van der Waals surface area contributed by atoms with Gasteiger partial charge in [0, 0.05) is 12.0 Å². The molecule has 3 rings (SSSR count). The molecule has 0 aromatic carbocycles. The van der Waals surface area contributed by atoms with Crippen molar-refractivity contribution in [2.45, 2.75) is 70.9 Å². The molecule has 0 aliphatic heterocycles. The lowest BCUT2D eigenvalue weighted by Gasteiger charge is -2.37. The van der Waals surface area contributed by atoms with Gasteiger partial charge >= 0.3 is 0 Å². The monoisotopic (exact) mass is 248 g/mol. The topological polar surface area (TPSA) is 38.1 Å². The SMILES string of the molecule is CC1(C)CCCCC1c1cnc(CNC2CC2)o1. The van der Waals surface area contributed by atoms with Crippen LogP contribution in [0.1, 0.15) is 69.9 Å². The van der Waals surface area contributed by atoms with E-state index in [0.29, 0.717) is 17.4 Å². The molecule has 1 aromatic heterocycles. The Balaban J connectivity index is 1.67. The second-order valence-corrected chi connectivity index (χ2v) is 6.60. The molecule has 2 aliphatic rings. The lowest BCUT2D eigenvalue weighted by Crippen LogP contribution is -2.25. The third-order valence-corrected chi connectivity index (χ3v) is 4.54. The van der Waals surface area contributed by atoms with Gasteiger partial charge in [0.25, 0.3) is 0 Å². The van der Waals surface area contributed by atoms with Crippen LogP contribution in [0.3, 0.4) is 0 Å². The molecule has 2 saturated carbocycles. The molecular weight excluding hydrogens is 224 g/mol. The van der Waals surface area contributed by atoms with Crippen LogP contribution < -0.4 is 5.32 Å². The molecule has 0 saturated heterocycles. The molecule has 1 N–H and O–H groups in total. The summed E-state index contributed by atoms with van der Waals surface area (Å²) in [6.07, 6.45) is 9.80. The molecular formula is C15H24N2O. The first-order valence-electron chi connectivity index (χ1n) is 7.33. The summed E-state index contributed by atoms with van der Waals surface area (Å²) in [5.41, 5.74) is 0.360. The Bertz CT molecular complexity index is 406. The number of aromatic nitrogens is 1. The maximum atomic E-state index is 5.96. The molecule has 100 valence electrons. The average Bonchev–Trinajstić information content (AvgIpc) is 3.05. The van der Waals surface area contributed by atoms with E-state index in [-0.39, 0.29) is 0 Å². The highest BCUT2D eigenvalue weighted by Crippen LogP contribution is 2.46. The lowest BCUT2D eigenvalue weighted by atomic mass is 9.68. The maximum absolute atomic E-state index is 5.96. The van der Waals surface area contributed by atoms with Crippen molar-refractivity contribution in [1.82, 2.24) is 10.3 Å². The fraction of sp³-hybridized carbons (Fsp3) is 0.800. The van der Waals surface area contributed by atoms with Crippen molar-refractivity contribution in [3.05, 3.63) is 17.8 Å². The van der Waals surface area contributed by atoms with Gasteiger partial charge in [-0.1, -0.05) is 26.7 Å². The smallest absolute Gasteiger partial charge is 0.208 e. The van der Waals surface area contributed by atoms with Crippen LogP contribution >= 0.6 is 0 Å². The summed E-state index contributed by atoms with van der Waals surface area (Å²) < 4.78 is 5.96. The Morgan fingerprint density at radius 1 is 1.33 bits per heavy atom. The van der Waals surface area contributed by atoms with E-state index in [4.69, 9.17) is 4.42 Å². The zero-order valence-electron chi connectivity index (χ0n) is 11.5. The molecule has 3 heteroatoms. The normalized spacial score (nSPS) is 27.3. The minimum absolute atomic E-state index is 0.360. The number of nitrogens with one attached hydrogen (secondary N) is 1. The largest absolute Gasteiger partial charge is 0.444 e. The summed E-state index contributed by atoms with van der Waals surface area (Å²) >= 11 is 0.